The number of hydrogen-bond acceptors (Lipinski definition) is 4. The molecule has 3 atom stereocenters. The van der Waals surface area contributed by atoms with Gasteiger partial charge in [-0.3, -0.25) is 4.79 Å². The molecule has 0 spiro atoms. The lowest BCUT2D eigenvalue weighted by molar-refractivity contribution is -0.124. The Hall–Kier alpha value is -0.620. The highest BCUT2D eigenvalue weighted by atomic mass is 32.2. The van der Waals surface area contributed by atoms with E-state index in [0.29, 0.717) is 5.92 Å². The van der Waals surface area contributed by atoms with E-state index in [4.69, 9.17) is 0 Å². The smallest absolute Gasteiger partial charge is 0.237 e. The standard InChI is InChI=1S/C12H24N2O3S/c1-4-10-5-6-13-11(7-10)12(15)14-9(2)8-18(3,16)17/h9-11,13H,4-8H2,1-3H3,(H,14,15). The fourth-order valence-corrected chi connectivity index (χ4v) is 3.40. The maximum atomic E-state index is 12.0. The number of carbonyl (C=O) groups is 1. The second-order valence-electron chi connectivity index (χ2n) is 5.31. The van der Waals surface area contributed by atoms with Crippen molar-refractivity contribution in [2.75, 3.05) is 18.6 Å². The first-order valence-electron chi connectivity index (χ1n) is 6.53. The number of hydrogen-bond donors (Lipinski definition) is 2. The number of nitrogens with one attached hydrogen (secondary N) is 2. The molecule has 6 heteroatoms. The molecule has 106 valence electrons. The summed E-state index contributed by atoms with van der Waals surface area (Å²) in [5.74, 6) is 0.499. The Labute approximate surface area is 110 Å². The maximum Gasteiger partial charge on any atom is 0.237 e. The highest BCUT2D eigenvalue weighted by molar-refractivity contribution is 7.90. The van der Waals surface area contributed by atoms with Crippen molar-refractivity contribution in [2.45, 2.75) is 45.2 Å². The Morgan fingerprint density at radius 3 is 2.72 bits per heavy atom. The third-order valence-corrected chi connectivity index (χ3v) is 4.45. The molecule has 0 aromatic rings. The van der Waals surface area contributed by atoms with Crippen LogP contribution in [0.5, 0.6) is 0 Å². The summed E-state index contributed by atoms with van der Waals surface area (Å²) in [6.45, 7) is 4.72. The van der Waals surface area contributed by atoms with Crippen LogP contribution in [-0.2, 0) is 14.6 Å². The molecule has 1 amide bonds. The van der Waals surface area contributed by atoms with Gasteiger partial charge in [-0.1, -0.05) is 13.3 Å². The van der Waals surface area contributed by atoms with Crippen molar-refractivity contribution in [1.82, 2.24) is 10.6 Å². The van der Waals surface area contributed by atoms with E-state index in [9.17, 15) is 13.2 Å². The highest BCUT2D eigenvalue weighted by Gasteiger charge is 2.26. The lowest BCUT2D eigenvalue weighted by Crippen LogP contribution is -2.51. The Balaban J connectivity index is 2.44. The van der Waals surface area contributed by atoms with Crippen LogP contribution in [0, 0.1) is 5.92 Å². The average molecular weight is 276 g/mol. The summed E-state index contributed by atoms with van der Waals surface area (Å²) in [6, 6.07) is -0.512. The number of piperidine rings is 1. The van der Waals surface area contributed by atoms with E-state index in [1.165, 1.54) is 6.26 Å². The molecular formula is C12H24N2O3S. The molecular weight excluding hydrogens is 252 g/mol. The fourth-order valence-electron chi connectivity index (χ4n) is 2.41. The number of carbonyl (C=O) groups excluding carboxylic acids is 1. The van der Waals surface area contributed by atoms with Crippen LogP contribution in [0.3, 0.4) is 0 Å². The van der Waals surface area contributed by atoms with Crippen molar-refractivity contribution in [2.24, 2.45) is 5.92 Å². The summed E-state index contributed by atoms with van der Waals surface area (Å²) in [7, 11) is -3.05. The van der Waals surface area contributed by atoms with Gasteiger partial charge in [0.15, 0.2) is 0 Å². The lowest BCUT2D eigenvalue weighted by atomic mass is 9.90. The van der Waals surface area contributed by atoms with Crippen molar-refractivity contribution in [3.63, 3.8) is 0 Å². The maximum absolute atomic E-state index is 12.0. The van der Waals surface area contributed by atoms with Gasteiger partial charge in [0.2, 0.25) is 5.91 Å². The predicted octanol–water partition coefficient (Wildman–Crippen LogP) is 0.314. The molecule has 3 unspecified atom stereocenters. The molecule has 18 heavy (non-hydrogen) atoms. The van der Waals surface area contributed by atoms with E-state index in [0.717, 1.165) is 25.8 Å². The summed E-state index contributed by atoms with van der Waals surface area (Å²) in [4.78, 5) is 12.0. The van der Waals surface area contributed by atoms with Crippen LogP contribution in [0.2, 0.25) is 0 Å². The first kappa shape index (κ1) is 15.4. The van der Waals surface area contributed by atoms with Crippen LogP contribution >= 0.6 is 0 Å². The molecule has 1 fully saturated rings. The summed E-state index contributed by atoms with van der Waals surface area (Å²) >= 11 is 0. The van der Waals surface area contributed by atoms with E-state index in [-0.39, 0.29) is 23.7 Å². The summed E-state index contributed by atoms with van der Waals surface area (Å²) in [5, 5.41) is 5.96. The van der Waals surface area contributed by atoms with Gasteiger partial charge >= 0.3 is 0 Å². The Morgan fingerprint density at radius 1 is 1.50 bits per heavy atom. The van der Waals surface area contributed by atoms with E-state index >= 15 is 0 Å². The summed E-state index contributed by atoms with van der Waals surface area (Å²) in [6.07, 6.45) is 4.22. The van der Waals surface area contributed by atoms with E-state index in [2.05, 4.69) is 17.6 Å². The van der Waals surface area contributed by atoms with Gasteiger partial charge in [0.05, 0.1) is 11.8 Å². The molecule has 1 saturated heterocycles. The van der Waals surface area contributed by atoms with Gasteiger partial charge in [-0.2, -0.15) is 0 Å². The van der Waals surface area contributed by atoms with Gasteiger partial charge in [0.25, 0.3) is 0 Å². The van der Waals surface area contributed by atoms with Crippen molar-refractivity contribution in [3.8, 4) is 0 Å². The second kappa shape index (κ2) is 6.52. The van der Waals surface area contributed by atoms with Gasteiger partial charge in [-0.15, -0.1) is 0 Å². The molecule has 1 aliphatic heterocycles. The predicted molar refractivity (Wildman–Crippen MR) is 72.1 cm³/mol. The summed E-state index contributed by atoms with van der Waals surface area (Å²) < 4.78 is 22.3. The molecule has 1 aliphatic rings. The van der Waals surface area contributed by atoms with Crippen molar-refractivity contribution < 1.29 is 13.2 Å². The van der Waals surface area contributed by atoms with Crippen LogP contribution in [0.4, 0.5) is 0 Å². The highest BCUT2D eigenvalue weighted by Crippen LogP contribution is 2.19. The molecule has 0 radical (unpaired) electrons. The molecule has 5 nitrogen and oxygen atoms in total. The SMILES string of the molecule is CCC1CCNC(C(=O)NC(C)CS(C)(=O)=O)C1. The number of amides is 1. The van der Waals surface area contributed by atoms with Gasteiger partial charge in [0.1, 0.15) is 9.84 Å². The normalized spacial score (nSPS) is 26.6. The van der Waals surface area contributed by atoms with Crippen LogP contribution in [0.15, 0.2) is 0 Å². The molecule has 0 aromatic carbocycles. The number of rotatable bonds is 5. The van der Waals surface area contributed by atoms with Crippen molar-refractivity contribution in [3.05, 3.63) is 0 Å². The van der Waals surface area contributed by atoms with Crippen LogP contribution < -0.4 is 10.6 Å². The Bertz CT molecular complexity index is 381. The lowest BCUT2D eigenvalue weighted by Gasteiger charge is -2.29. The van der Waals surface area contributed by atoms with Gasteiger partial charge in [-0.05, 0) is 32.2 Å². The minimum Gasteiger partial charge on any atom is -0.351 e. The topological polar surface area (TPSA) is 75.3 Å². The molecule has 0 aliphatic carbocycles. The quantitative estimate of drug-likeness (QED) is 0.758. The molecule has 1 heterocycles. The van der Waals surface area contributed by atoms with Crippen molar-refractivity contribution >= 4 is 15.7 Å². The zero-order chi connectivity index (χ0) is 13.8. The Morgan fingerprint density at radius 2 is 2.17 bits per heavy atom. The van der Waals surface area contributed by atoms with Gasteiger partial charge in [0, 0.05) is 12.3 Å². The third kappa shape index (κ3) is 5.35. The van der Waals surface area contributed by atoms with Gasteiger partial charge < -0.3 is 10.6 Å². The first-order chi connectivity index (χ1) is 8.31. The fraction of sp³-hybridized carbons (Fsp3) is 0.917. The van der Waals surface area contributed by atoms with E-state index < -0.39 is 9.84 Å². The second-order valence-corrected chi connectivity index (χ2v) is 7.49. The van der Waals surface area contributed by atoms with E-state index in [1.54, 1.807) is 6.92 Å². The third-order valence-electron chi connectivity index (χ3n) is 3.35. The molecule has 0 aromatic heterocycles. The van der Waals surface area contributed by atoms with Crippen LogP contribution in [0.1, 0.15) is 33.1 Å². The van der Waals surface area contributed by atoms with Crippen LogP contribution in [-0.4, -0.2) is 45.0 Å². The summed E-state index contributed by atoms with van der Waals surface area (Å²) in [5.41, 5.74) is 0. The monoisotopic (exact) mass is 276 g/mol. The van der Waals surface area contributed by atoms with Gasteiger partial charge in [-0.25, -0.2) is 8.42 Å². The largest absolute Gasteiger partial charge is 0.351 e. The van der Waals surface area contributed by atoms with Crippen LogP contribution in [0.25, 0.3) is 0 Å². The minimum atomic E-state index is -3.05. The first-order valence-corrected chi connectivity index (χ1v) is 8.59. The Kier molecular flexibility index (Phi) is 5.59. The van der Waals surface area contributed by atoms with E-state index in [1.807, 2.05) is 0 Å². The minimum absolute atomic E-state index is 0.0112. The molecule has 2 N–H and O–H groups in total. The molecule has 0 bridgehead atoms. The zero-order valence-electron chi connectivity index (χ0n) is 11.4. The average Bonchev–Trinajstić information content (AvgIpc) is 2.26. The van der Waals surface area contributed by atoms with Crippen molar-refractivity contribution in [1.29, 1.82) is 0 Å². The number of sulfone groups is 1. The zero-order valence-corrected chi connectivity index (χ0v) is 12.2. The molecule has 1 rings (SSSR count). The molecule has 0 saturated carbocycles.